The van der Waals surface area contributed by atoms with E-state index in [1.54, 1.807) is 23.6 Å². The number of Topliss-reactive ketones (excluding diaryl/α,β-unsaturated/α-hetero) is 1. The molecular weight excluding hydrogens is 354 g/mol. The van der Waals surface area contributed by atoms with Crippen molar-refractivity contribution in [3.8, 4) is 0 Å². The van der Waals surface area contributed by atoms with Crippen molar-refractivity contribution in [1.29, 1.82) is 0 Å². The third-order valence-electron chi connectivity index (χ3n) is 1.98. The Hall–Kier alpha value is -0.520. The van der Waals surface area contributed by atoms with Crippen LogP contribution in [0.5, 0.6) is 0 Å². The number of pyridine rings is 1. The van der Waals surface area contributed by atoms with E-state index in [2.05, 4.69) is 36.8 Å². The fourth-order valence-electron chi connectivity index (χ4n) is 1.28. The summed E-state index contributed by atoms with van der Waals surface area (Å²) in [6.45, 7) is 0. The van der Waals surface area contributed by atoms with E-state index in [1.165, 1.54) is 0 Å². The minimum Gasteiger partial charge on any atom is -0.292 e. The third kappa shape index (κ3) is 2.78. The molecule has 0 atom stereocenters. The second-order valence-electron chi connectivity index (χ2n) is 3.17. The molecule has 0 aliphatic carbocycles. The first-order chi connectivity index (χ1) is 7.66. The summed E-state index contributed by atoms with van der Waals surface area (Å²) in [5.41, 5.74) is 0.493. The minimum absolute atomic E-state index is 0.0295. The highest BCUT2D eigenvalue weighted by molar-refractivity contribution is 9.10. The highest BCUT2D eigenvalue weighted by atomic mass is 79.9. The van der Waals surface area contributed by atoms with E-state index >= 15 is 0 Å². The summed E-state index contributed by atoms with van der Waals surface area (Å²) < 4.78 is 1.76. The normalized spacial score (nSPS) is 10.4. The lowest BCUT2D eigenvalue weighted by atomic mass is 10.2. The maximum atomic E-state index is 11.9. The van der Waals surface area contributed by atoms with E-state index in [0.29, 0.717) is 12.1 Å². The van der Waals surface area contributed by atoms with Gasteiger partial charge in [-0.15, -0.1) is 11.3 Å². The van der Waals surface area contributed by atoms with Gasteiger partial charge in [-0.05, 0) is 50.1 Å². The Balaban J connectivity index is 2.18. The molecule has 16 heavy (non-hydrogen) atoms. The molecule has 2 nitrogen and oxygen atoms in total. The van der Waals surface area contributed by atoms with Gasteiger partial charge in [0.2, 0.25) is 0 Å². The third-order valence-corrected chi connectivity index (χ3v) is 4.32. The van der Waals surface area contributed by atoms with Crippen LogP contribution >= 0.6 is 43.2 Å². The van der Waals surface area contributed by atoms with Crippen LogP contribution in [0.15, 0.2) is 38.7 Å². The van der Waals surface area contributed by atoms with E-state index in [0.717, 1.165) is 13.8 Å². The number of ketones is 1. The number of carbonyl (C=O) groups excluding carboxylic acids is 1. The molecule has 2 aromatic rings. The van der Waals surface area contributed by atoms with Crippen molar-refractivity contribution in [3.05, 3.63) is 49.3 Å². The average Bonchev–Trinajstić information content (AvgIpc) is 2.64. The number of rotatable bonds is 3. The zero-order valence-corrected chi connectivity index (χ0v) is 12.1. The molecule has 0 aliphatic rings. The van der Waals surface area contributed by atoms with Gasteiger partial charge >= 0.3 is 0 Å². The molecule has 0 N–H and O–H groups in total. The number of nitrogens with zero attached hydrogens (tertiary/aromatic N) is 1. The fourth-order valence-corrected chi connectivity index (χ4v) is 3.21. The summed E-state index contributed by atoms with van der Waals surface area (Å²) >= 11 is 8.26. The summed E-state index contributed by atoms with van der Waals surface area (Å²) in [5, 5.41) is 1.97. The summed E-state index contributed by atoms with van der Waals surface area (Å²) in [7, 11) is 0. The molecule has 0 saturated carbocycles. The molecule has 0 aromatic carbocycles. The smallest absolute Gasteiger partial charge is 0.187 e. The number of halogens is 2. The van der Waals surface area contributed by atoms with Crippen molar-refractivity contribution in [1.82, 2.24) is 4.98 Å². The van der Waals surface area contributed by atoms with Crippen molar-refractivity contribution < 1.29 is 4.79 Å². The van der Waals surface area contributed by atoms with Crippen molar-refractivity contribution in [2.45, 2.75) is 6.42 Å². The Kier molecular flexibility index (Phi) is 3.89. The van der Waals surface area contributed by atoms with Crippen molar-refractivity contribution in [2.75, 3.05) is 0 Å². The molecule has 0 aliphatic heterocycles. The Morgan fingerprint density at radius 2 is 2.25 bits per heavy atom. The molecule has 2 heterocycles. The molecular formula is C11H7Br2NOS. The first-order valence-corrected chi connectivity index (χ1v) is 7.00. The molecule has 0 radical (unpaired) electrons. The molecule has 0 spiro atoms. The molecule has 5 heteroatoms. The van der Waals surface area contributed by atoms with E-state index in [4.69, 9.17) is 0 Å². The predicted octanol–water partition coefficient (Wildman–Crippen LogP) is 4.09. The molecule has 0 fully saturated rings. The largest absolute Gasteiger partial charge is 0.292 e. The summed E-state index contributed by atoms with van der Waals surface area (Å²) in [6.07, 6.45) is 2.02. The van der Waals surface area contributed by atoms with Gasteiger partial charge in [0.05, 0.1) is 0 Å². The maximum absolute atomic E-state index is 11.9. The molecule has 2 aromatic heterocycles. The van der Waals surface area contributed by atoms with Crippen LogP contribution in [-0.2, 0) is 6.42 Å². The van der Waals surface area contributed by atoms with Crippen molar-refractivity contribution in [3.63, 3.8) is 0 Å². The number of carbonyl (C=O) groups is 1. The van der Waals surface area contributed by atoms with Crippen LogP contribution in [0.25, 0.3) is 0 Å². The van der Waals surface area contributed by atoms with Crippen LogP contribution in [0, 0.1) is 0 Å². The monoisotopic (exact) mass is 359 g/mol. The van der Waals surface area contributed by atoms with E-state index in [9.17, 15) is 4.79 Å². The van der Waals surface area contributed by atoms with Gasteiger partial charge in [0.1, 0.15) is 5.69 Å². The van der Waals surface area contributed by atoms with Crippen molar-refractivity contribution in [2.24, 2.45) is 0 Å². The zero-order chi connectivity index (χ0) is 11.5. The first kappa shape index (κ1) is 12.0. The van der Waals surface area contributed by atoms with Crippen LogP contribution < -0.4 is 0 Å². The zero-order valence-electron chi connectivity index (χ0n) is 8.11. The Bertz CT molecular complexity index is 524. The van der Waals surface area contributed by atoms with E-state index < -0.39 is 0 Å². The predicted molar refractivity (Wildman–Crippen MR) is 72.0 cm³/mol. The van der Waals surface area contributed by atoms with Gasteiger partial charge < -0.3 is 0 Å². The maximum Gasteiger partial charge on any atom is 0.187 e. The standard InChI is InChI=1S/C11H7Br2NOS/c12-7-4-8(16-6-7)5-10(15)11-9(13)2-1-3-14-11/h1-4,6H,5H2. The molecule has 2 rings (SSSR count). The SMILES string of the molecule is O=C(Cc1cc(Br)cs1)c1ncccc1Br. The lowest BCUT2D eigenvalue weighted by Gasteiger charge is -2.00. The lowest BCUT2D eigenvalue weighted by Crippen LogP contribution is -2.05. The highest BCUT2D eigenvalue weighted by Gasteiger charge is 2.12. The molecule has 0 bridgehead atoms. The molecule has 0 saturated heterocycles. The quantitative estimate of drug-likeness (QED) is 0.771. The van der Waals surface area contributed by atoms with Gasteiger partial charge in [0, 0.05) is 31.8 Å². The van der Waals surface area contributed by atoms with Gasteiger partial charge in [0.15, 0.2) is 5.78 Å². The van der Waals surface area contributed by atoms with Crippen LogP contribution in [0.3, 0.4) is 0 Å². The van der Waals surface area contributed by atoms with Gasteiger partial charge in [-0.2, -0.15) is 0 Å². The van der Waals surface area contributed by atoms with Gasteiger partial charge in [0.25, 0.3) is 0 Å². The number of hydrogen-bond acceptors (Lipinski definition) is 3. The van der Waals surface area contributed by atoms with E-state index in [1.807, 2.05) is 17.5 Å². The lowest BCUT2D eigenvalue weighted by molar-refractivity contribution is 0.0988. The Labute approximate surface area is 114 Å². The Morgan fingerprint density at radius 1 is 1.44 bits per heavy atom. The second kappa shape index (κ2) is 5.21. The number of hydrogen-bond donors (Lipinski definition) is 0. The molecule has 82 valence electrons. The topological polar surface area (TPSA) is 30.0 Å². The van der Waals surface area contributed by atoms with Gasteiger partial charge in [-0.1, -0.05) is 0 Å². The fraction of sp³-hybridized carbons (Fsp3) is 0.0909. The van der Waals surface area contributed by atoms with Gasteiger partial charge in [-0.25, -0.2) is 0 Å². The van der Waals surface area contributed by atoms with Crippen LogP contribution in [0.1, 0.15) is 15.4 Å². The van der Waals surface area contributed by atoms with Crippen LogP contribution in [0.4, 0.5) is 0 Å². The minimum atomic E-state index is 0.0295. The van der Waals surface area contributed by atoms with Crippen LogP contribution in [-0.4, -0.2) is 10.8 Å². The van der Waals surface area contributed by atoms with Gasteiger partial charge in [-0.3, -0.25) is 9.78 Å². The van der Waals surface area contributed by atoms with Crippen LogP contribution in [0.2, 0.25) is 0 Å². The Morgan fingerprint density at radius 3 is 2.88 bits per heavy atom. The highest BCUT2D eigenvalue weighted by Crippen LogP contribution is 2.22. The number of thiophene rings is 1. The molecule has 0 unspecified atom stereocenters. The molecule has 0 amide bonds. The number of aromatic nitrogens is 1. The second-order valence-corrected chi connectivity index (χ2v) is 5.93. The summed E-state index contributed by atoms with van der Waals surface area (Å²) in [6, 6.07) is 5.58. The average molecular weight is 361 g/mol. The van der Waals surface area contributed by atoms with Crippen molar-refractivity contribution >= 4 is 49.0 Å². The first-order valence-electron chi connectivity index (χ1n) is 4.53. The summed E-state index contributed by atoms with van der Waals surface area (Å²) in [4.78, 5) is 17.1. The summed E-state index contributed by atoms with van der Waals surface area (Å²) in [5.74, 6) is 0.0295. The van der Waals surface area contributed by atoms with E-state index in [-0.39, 0.29) is 5.78 Å².